The summed E-state index contributed by atoms with van der Waals surface area (Å²) in [5, 5.41) is 0. The molecule has 0 fully saturated rings. The van der Waals surface area contributed by atoms with E-state index in [1.54, 1.807) is 0 Å². The SMILES string of the molecule is C=CC(=O)OC(C)C(C)[Si](O[SiH2]C)(O[SiH2]C)O[SiH2]C. The fraction of sp³-hybridized carbons (Fsp3) is 0.700. The van der Waals surface area contributed by atoms with Gasteiger partial charge in [0.2, 0.25) is 0 Å². The van der Waals surface area contributed by atoms with Gasteiger partial charge in [-0.3, -0.25) is 0 Å². The highest BCUT2D eigenvalue weighted by atomic mass is 28.5. The molecular formula is C10H26O5Si4. The van der Waals surface area contributed by atoms with E-state index in [9.17, 15) is 4.79 Å². The summed E-state index contributed by atoms with van der Waals surface area (Å²) in [6.45, 7) is 13.5. The third-order valence-electron chi connectivity index (χ3n) is 2.77. The monoisotopic (exact) mass is 338 g/mol. The predicted octanol–water partition coefficient (Wildman–Crippen LogP) is -0.121. The second kappa shape index (κ2) is 9.80. The quantitative estimate of drug-likeness (QED) is 0.316. The standard InChI is InChI=1S/C10H26O5Si4/c1-7-10(11)12-8(2)9(3)19(13-16-4,14-17-5)15-18-6/h7-9H,1,16-18H2,2-6H3. The van der Waals surface area contributed by atoms with Gasteiger partial charge in [0.15, 0.2) is 0 Å². The summed E-state index contributed by atoms with van der Waals surface area (Å²) in [6.07, 6.45) is 0.881. The van der Waals surface area contributed by atoms with Gasteiger partial charge in [-0.15, -0.1) is 0 Å². The molecule has 9 heteroatoms. The predicted molar refractivity (Wildman–Crippen MR) is 87.4 cm³/mol. The average Bonchev–Trinajstić information content (AvgIpc) is 2.38. The van der Waals surface area contributed by atoms with Gasteiger partial charge >= 0.3 is 14.8 Å². The highest BCUT2D eigenvalue weighted by Gasteiger charge is 2.48. The first kappa shape index (κ1) is 19.0. The van der Waals surface area contributed by atoms with Gasteiger partial charge in [-0.1, -0.05) is 33.1 Å². The van der Waals surface area contributed by atoms with E-state index in [1.807, 2.05) is 13.8 Å². The van der Waals surface area contributed by atoms with E-state index in [1.165, 1.54) is 6.08 Å². The van der Waals surface area contributed by atoms with E-state index < -0.39 is 44.1 Å². The molecule has 0 rings (SSSR count). The van der Waals surface area contributed by atoms with Crippen molar-refractivity contribution < 1.29 is 21.9 Å². The van der Waals surface area contributed by atoms with Crippen molar-refractivity contribution in [2.45, 2.75) is 45.1 Å². The number of ether oxygens (including phenoxy) is 1. The lowest BCUT2D eigenvalue weighted by Crippen LogP contribution is -2.54. The van der Waals surface area contributed by atoms with Crippen molar-refractivity contribution in [3.8, 4) is 0 Å². The number of rotatable bonds is 10. The lowest BCUT2D eigenvalue weighted by Gasteiger charge is -2.37. The second-order valence-electron chi connectivity index (χ2n) is 4.04. The van der Waals surface area contributed by atoms with Crippen molar-refractivity contribution in [3.05, 3.63) is 12.7 Å². The molecule has 0 bridgehead atoms. The number of hydrogen-bond acceptors (Lipinski definition) is 5. The van der Waals surface area contributed by atoms with Gasteiger partial charge in [0.05, 0.1) is 5.54 Å². The van der Waals surface area contributed by atoms with Crippen LogP contribution >= 0.6 is 0 Å². The minimum absolute atomic E-state index is 0.0382. The minimum atomic E-state index is -2.67. The third-order valence-corrected chi connectivity index (χ3v) is 12.6. The van der Waals surface area contributed by atoms with Crippen LogP contribution in [0, 0.1) is 0 Å². The maximum atomic E-state index is 11.3. The van der Waals surface area contributed by atoms with Gasteiger partial charge in [-0.05, 0) is 6.92 Å². The highest BCUT2D eigenvalue weighted by Crippen LogP contribution is 2.29. The first-order chi connectivity index (χ1) is 8.97. The molecule has 0 N–H and O–H groups in total. The molecule has 2 unspecified atom stereocenters. The molecular weight excluding hydrogens is 312 g/mol. The maximum Gasteiger partial charge on any atom is 0.475 e. The topological polar surface area (TPSA) is 54.0 Å². The molecule has 0 aromatic rings. The Hall–Kier alpha value is -0.0425. The van der Waals surface area contributed by atoms with E-state index in [2.05, 4.69) is 26.2 Å². The Bertz CT molecular complexity index is 272. The lowest BCUT2D eigenvalue weighted by molar-refractivity contribution is -0.142. The molecule has 0 aliphatic rings. The molecule has 0 saturated heterocycles. The maximum absolute atomic E-state index is 11.3. The summed E-state index contributed by atoms with van der Waals surface area (Å²) in [4.78, 5) is 11.3. The van der Waals surface area contributed by atoms with Crippen LogP contribution in [-0.2, 0) is 21.9 Å². The first-order valence-electron chi connectivity index (χ1n) is 6.72. The third kappa shape index (κ3) is 5.85. The van der Waals surface area contributed by atoms with Crippen LogP contribution in [0.4, 0.5) is 0 Å². The fourth-order valence-electron chi connectivity index (χ4n) is 1.74. The van der Waals surface area contributed by atoms with Crippen molar-refractivity contribution in [2.75, 3.05) is 0 Å². The molecule has 0 radical (unpaired) electrons. The number of carbonyl (C=O) groups excluding carboxylic acids is 1. The molecule has 0 amide bonds. The zero-order chi connectivity index (χ0) is 14.9. The Labute approximate surface area is 124 Å². The van der Waals surface area contributed by atoms with Crippen LogP contribution in [0.5, 0.6) is 0 Å². The van der Waals surface area contributed by atoms with Gasteiger partial charge in [-0.2, -0.15) is 0 Å². The fourth-order valence-corrected chi connectivity index (χ4v) is 13.6. The highest BCUT2D eigenvalue weighted by molar-refractivity contribution is 6.74. The smallest absolute Gasteiger partial charge is 0.459 e. The van der Waals surface area contributed by atoms with Gasteiger partial charge < -0.3 is 17.1 Å². The summed E-state index contributed by atoms with van der Waals surface area (Å²) >= 11 is 0. The molecule has 112 valence electrons. The Morgan fingerprint density at radius 1 is 1.11 bits per heavy atom. The van der Waals surface area contributed by atoms with Crippen LogP contribution in [0.25, 0.3) is 0 Å². The molecule has 0 aliphatic carbocycles. The largest absolute Gasteiger partial charge is 0.475 e. The molecule has 0 aromatic heterocycles. The van der Waals surface area contributed by atoms with E-state index in [4.69, 9.17) is 17.1 Å². The summed E-state index contributed by atoms with van der Waals surface area (Å²) in [5.41, 5.74) is -0.0382. The van der Waals surface area contributed by atoms with E-state index >= 15 is 0 Å². The minimum Gasteiger partial charge on any atom is -0.459 e. The molecule has 0 saturated carbocycles. The number of esters is 1. The number of hydrogen-bond donors (Lipinski definition) is 0. The van der Waals surface area contributed by atoms with E-state index in [0.717, 1.165) is 0 Å². The summed E-state index contributed by atoms with van der Waals surface area (Å²) in [5.74, 6) is -0.418. The first-order valence-corrected chi connectivity index (χ1v) is 14.5. The molecule has 0 spiro atoms. The molecule has 0 aromatic carbocycles. The molecule has 0 aliphatic heterocycles. The van der Waals surface area contributed by atoms with Crippen molar-refractivity contribution in [1.29, 1.82) is 0 Å². The van der Waals surface area contributed by atoms with Crippen LogP contribution in [0.3, 0.4) is 0 Å². The summed E-state index contributed by atoms with van der Waals surface area (Å²) in [6, 6.07) is 0. The van der Waals surface area contributed by atoms with Crippen LogP contribution < -0.4 is 0 Å². The normalized spacial score (nSPS) is 19.2. The summed E-state index contributed by atoms with van der Waals surface area (Å²) in [7, 11) is -4.59. The zero-order valence-electron chi connectivity index (χ0n) is 12.6. The van der Waals surface area contributed by atoms with Gasteiger partial charge in [0.25, 0.3) is 0 Å². The van der Waals surface area contributed by atoms with E-state index in [0.29, 0.717) is 0 Å². The Morgan fingerprint density at radius 3 is 1.84 bits per heavy atom. The lowest BCUT2D eigenvalue weighted by atomic mass is 10.3. The van der Waals surface area contributed by atoms with Gasteiger partial charge in [0, 0.05) is 6.08 Å². The van der Waals surface area contributed by atoms with Gasteiger partial charge in [0.1, 0.15) is 35.4 Å². The average molecular weight is 339 g/mol. The molecule has 5 nitrogen and oxygen atoms in total. The van der Waals surface area contributed by atoms with Crippen molar-refractivity contribution in [2.24, 2.45) is 0 Å². The van der Waals surface area contributed by atoms with Crippen molar-refractivity contribution in [1.82, 2.24) is 0 Å². The Balaban J connectivity index is 4.98. The molecule has 2 atom stereocenters. The van der Waals surface area contributed by atoms with Crippen LogP contribution in [0.1, 0.15) is 13.8 Å². The van der Waals surface area contributed by atoms with Crippen LogP contribution in [0.2, 0.25) is 25.2 Å². The van der Waals surface area contributed by atoms with E-state index in [-0.39, 0.29) is 11.6 Å². The zero-order valence-corrected chi connectivity index (χ0v) is 17.8. The van der Waals surface area contributed by atoms with Crippen molar-refractivity contribution in [3.63, 3.8) is 0 Å². The molecule has 19 heavy (non-hydrogen) atoms. The number of carbonyl (C=O) groups is 1. The summed E-state index contributed by atoms with van der Waals surface area (Å²) < 4.78 is 23.3. The Morgan fingerprint density at radius 2 is 1.53 bits per heavy atom. The van der Waals surface area contributed by atoms with Crippen LogP contribution in [-0.4, -0.2) is 50.2 Å². The van der Waals surface area contributed by atoms with Crippen LogP contribution in [0.15, 0.2) is 12.7 Å². The van der Waals surface area contributed by atoms with Gasteiger partial charge in [-0.25, -0.2) is 4.79 Å². The van der Waals surface area contributed by atoms with Crippen molar-refractivity contribution >= 4 is 44.1 Å². The Kier molecular flexibility index (Phi) is 9.78. The second-order valence-corrected chi connectivity index (χ2v) is 11.4. The molecule has 0 heterocycles.